The van der Waals surface area contributed by atoms with Crippen LogP contribution in [0.3, 0.4) is 0 Å². The van der Waals surface area contributed by atoms with Gasteiger partial charge in [-0.2, -0.15) is 0 Å². The van der Waals surface area contributed by atoms with Crippen molar-refractivity contribution in [3.05, 3.63) is 41.5 Å². The van der Waals surface area contributed by atoms with Crippen LogP contribution >= 0.6 is 0 Å². The molecule has 1 aromatic carbocycles. The SMILES string of the molecule is CCOC(=O)N1CCN(Cc2nc(-c3cccc(F)c3)oc2C)CC1. The summed E-state index contributed by atoms with van der Waals surface area (Å²) in [7, 11) is 0. The van der Waals surface area contributed by atoms with Crippen LogP contribution in [-0.2, 0) is 11.3 Å². The highest BCUT2D eigenvalue weighted by atomic mass is 19.1. The number of carbonyl (C=O) groups excluding carboxylic acids is 1. The fraction of sp³-hybridized carbons (Fsp3) is 0.444. The molecule has 0 aliphatic carbocycles. The molecule has 0 bridgehead atoms. The number of rotatable bonds is 4. The number of nitrogens with zero attached hydrogens (tertiary/aromatic N) is 3. The lowest BCUT2D eigenvalue weighted by molar-refractivity contribution is 0.0774. The Balaban J connectivity index is 1.62. The number of hydrogen-bond acceptors (Lipinski definition) is 5. The maximum Gasteiger partial charge on any atom is 0.409 e. The number of ether oxygens (including phenoxy) is 1. The average molecular weight is 347 g/mol. The van der Waals surface area contributed by atoms with Gasteiger partial charge < -0.3 is 14.1 Å². The van der Waals surface area contributed by atoms with Crippen LogP contribution in [0.15, 0.2) is 28.7 Å². The number of aromatic nitrogens is 1. The molecule has 3 rings (SSSR count). The largest absolute Gasteiger partial charge is 0.450 e. The van der Waals surface area contributed by atoms with Crippen molar-refractivity contribution in [2.45, 2.75) is 20.4 Å². The zero-order valence-electron chi connectivity index (χ0n) is 14.5. The van der Waals surface area contributed by atoms with Gasteiger partial charge in [-0.1, -0.05) is 6.07 Å². The minimum atomic E-state index is -0.315. The van der Waals surface area contributed by atoms with Crippen LogP contribution in [0.25, 0.3) is 11.5 Å². The Morgan fingerprint density at radius 1 is 1.32 bits per heavy atom. The molecule has 1 fully saturated rings. The van der Waals surface area contributed by atoms with Gasteiger partial charge in [-0.05, 0) is 32.0 Å². The molecule has 0 N–H and O–H groups in total. The van der Waals surface area contributed by atoms with Gasteiger partial charge in [0.1, 0.15) is 11.6 Å². The summed E-state index contributed by atoms with van der Waals surface area (Å²) in [4.78, 5) is 20.2. The highest BCUT2D eigenvalue weighted by Crippen LogP contribution is 2.23. The standard InChI is InChI=1S/C18H22FN3O3/c1-3-24-18(23)22-9-7-21(8-10-22)12-16-13(2)25-17(20-16)14-5-4-6-15(19)11-14/h4-6,11H,3,7-10,12H2,1-2H3. The highest BCUT2D eigenvalue weighted by molar-refractivity contribution is 5.67. The fourth-order valence-electron chi connectivity index (χ4n) is 2.83. The molecule has 0 atom stereocenters. The summed E-state index contributed by atoms with van der Waals surface area (Å²) in [5, 5.41) is 0. The van der Waals surface area contributed by atoms with Gasteiger partial charge in [0.25, 0.3) is 0 Å². The first kappa shape index (κ1) is 17.4. The Morgan fingerprint density at radius 3 is 2.76 bits per heavy atom. The first-order valence-corrected chi connectivity index (χ1v) is 8.43. The molecule has 1 amide bonds. The third kappa shape index (κ3) is 4.17. The molecule has 2 aromatic rings. The lowest BCUT2D eigenvalue weighted by Gasteiger charge is -2.33. The van der Waals surface area contributed by atoms with E-state index < -0.39 is 0 Å². The van der Waals surface area contributed by atoms with Gasteiger partial charge in [-0.15, -0.1) is 0 Å². The number of halogens is 1. The number of benzene rings is 1. The maximum absolute atomic E-state index is 13.4. The topological polar surface area (TPSA) is 58.8 Å². The van der Waals surface area contributed by atoms with Gasteiger partial charge in [0.05, 0.1) is 12.3 Å². The lowest BCUT2D eigenvalue weighted by atomic mass is 10.2. The molecular formula is C18H22FN3O3. The van der Waals surface area contributed by atoms with Gasteiger partial charge >= 0.3 is 6.09 Å². The molecule has 1 aromatic heterocycles. The second-order valence-corrected chi connectivity index (χ2v) is 5.99. The van der Waals surface area contributed by atoms with E-state index in [1.165, 1.54) is 12.1 Å². The second kappa shape index (κ2) is 7.65. The molecule has 1 aliphatic rings. The van der Waals surface area contributed by atoms with Crippen LogP contribution < -0.4 is 0 Å². The summed E-state index contributed by atoms with van der Waals surface area (Å²) < 4.78 is 24.1. The Morgan fingerprint density at radius 2 is 2.08 bits per heavy atom. The molecule has 7 heteroatoms. The summed E-state index contributed by atoms with van der Waals surface area (Å²) in [6, 6.07) is 6.21. The molecule has 6 nitrogen and oxygen atoms in total. The van der Waals surface area contributed by atoms with Crippen LogP contribution in [0.5, 0.6) is 0 Å². The van der Waals surface area contributed by atoms with E-state index in [2.05, 4.69) is 9.88 Å². The monoisotopic (exact) mass is 347 g/mol. The molecule has 0 unspecified atom stereocenters. The molecule has 0 saturated carbocycles. The third-order valence-corrected chi connectivity index (χ3v) is 4.24. The number of amides is 1. The van der Waals surface area contributed by atoms with Crippen molar-refractivity contribution < 1.29 is 18.3 Å². The van der Waals surface area contributed by atoms with Gasteiger partial charge in [0, 0.05) is 38.3 Å². The Bertz CT molecular complexity index is 739. The Hall–Kier alpha value is -2.41. The van der Waals surface area contributed by atoms with Crippen LogP contribution in [0.4, 0.5) is 9.18 Å². The normalized spacial score (nSPS) is 15.4. The van der Waals surface area contributed by atoms with Gasteiger partial charge in [0.2, 0.25) is 5.89 Å². The van der Waals surface area contributed by atoms with E-state index in [4.69, 9.17) is 9.15 Å². The highest BCUT2D eigenvalue weighted by Gasteiger charge is 2.23. The number of hydrogen-bond donors (Lipinski definition) is 0. The zero-order valence-corrected chi connectivity index (χ0v) is 14.5. The summed E-state index contributed by atoms with van der Waals surface area (Å²) in [5.74, 6) is 0.842. The van der Waals surface area contributed by atoms with Crippen molar-refractivity contribution in [3.63, 3.8) is 0 Å². The molecular weight excluding hydrogens is 325 g/mol. The van der Waals surface area contributed by atoms with E-state index in [1.54, 1.807) is 24.0 Å². The lowest BCUT2D eigenvalue weighted by Crippen LogP contribution is -2.48. The number of carbonyl (C=O) groups is 1. The third-order valence-electron chi connectivity index (χ3n) is 4.24. The molecule has 1 saturated heterocycles. The first-order valence-electron chi connectivity index (χ1n) is 8.43. The van der Waals surface area contributed by atoms with E-state index in [0.29, 0.717) is 37.7 Å². The van der Waals surface area contributed by atoms with Crippen molar-refractivity contribution in [1.82, 2.24) is 14.8 Å². The summed E-state index contributed by atoms with van der Waals surface area (Å²) in [6.07, 6.45) is -0.256. The maximum atomic E-state index is 13.4. The Labute approximate surface area is 146 Å². The summed E-state index contributed by atoms with van der Waals surface area (Å²) in [6.45, 7) is 7.46. The van der Waals surface area contributed by atoms with Gasteiger partial charge in [-0.3, -0.25) is 4.90 Å². The summed E-state index contributed by atoms with van der Waals surface area (Å²) in [5.41, 5.74) is 1.46. The van der Waals surface area contributed by atoms with Gasteiger partial charge in [-0.25, -0.2) is 14.2 Å². The zero-order chi connectivity index (χ0) is 17.8. The minimum Gasteiger partial charge on any atom is -0.450 e. The number of piperazine rings is 1. The van der Waals surface area contributed by atoms with Crippen LogP contribution in [-0.4, -0.2) is 53.7 Å². The average Bonchev–Trinajstić information content (AvgIpc) is 2.96. The second-order valence-electron chi connectivity index (χ2n) is 5.99. The Kier molecular flexibility index (Phi) is 5.33. The molecule has 1 aliphatic heterocycles. The van der Waals surface area contributed by atoms with Crippen molar-refractivity contribution in [2.24, 2.45) is 0 Å². The molecule has 0 spiro atoms. The predicted octanol–water partition coefficient (Wildman–Crippen LogP) is 3.06. The van der Waals surface area contributed by atoms with Crippen molar-refractivity contribution in [3.8, 4) is 11.5 Å². The first-order chi connectivity index (χ1) is 12.1. The van der Waals surface area contributed by atoms with E-state index in [0.717, 1.165) is 24.5 Å². The van der Waals surface area contributed by atoms with E-state index in [-0.39, 0.29) is 11.9 Å². The van der Waals surface area contributed by atoms with Gasteiger partial charge in [0.15, 0.2) is 0 Å². The van der Waals surface area contributed by atoms with E-state index in [9.17, 15) is 9.18 Å². The fourth-order valence-corrected chi connectivity index (χ4v) is 2.83. The smallest absolute Gasteiger partial charge is 0.409 e. The van der Waals surface area contributed by atoms with E-state index in [1.807, 2.05) is 6.92 Å². The minimum absolute atomic E-state index is 0.256. The predicted molar refractivity (Wildman–Crippen MR) is 90.5 cm³/mol. The van der Waals surface area contributed by atoms with Crippen molar-refractivity contribution in [2.75, 3.05) is 32.8 Å². The van der Waals surface area contributed by atoms with Crippen LogP contribution in [0.2, 0.25) is 0 Å². The molecule has 0 radical (unpaired) electrons. The van der Waals surface area contributed by atoms with Crippen molar-refractivity contribution >= 4 is 6.09 Å². The van der Waals surface area contributed by atoms with Crippen LogP contribution in [0.1, 0.15) is 18.4 Å². The molecule has 2 heterocycles. The number of oxazole rings is 1. The molecule has 134 valence electrons. The number of aryl methyl sites for hydroxylation is 1. The summed E-state index contributed by atoms with van der Waals surface area (Å²) >= 11 is 0. The molecule has 25 heavy (non-hydrogen) atoms. The van der Waals surface area contributed by atoms with Crippen molar-refractivity contribution in [1.29, 1.82) is 0 Å². The quantitative estimate of drug-likeness (QED) is 0.851. The van der Waals surface area contributed by atoms with Crippen LogP contribution in [0, 0.1) is 12.7 Å². The van der Waals surface area contributed by atoms with E-state index >= 15 is 0 Å².